The van der Waals surface area contributed by atoms with Crippen molar-refractivity contribution >= 4 is 5.91 Å². The first-order valence-corrected chi connectivity index (χ1v) is 6.21. The first kappa shape index (κ1) is 14.0. The quantitative estimate of drug-likeness (QED) is 0.933. The van der Waals surface area contributed by atoms with Crippen LogP contribution in [0, 0.1) is 5.82 Å². The standard InChI is InChI=1S/C15H15FN2O2/c1-9(2)18-7-12(10-3-5-11(16)6-4-10)14(19)13(8-18)15(17)20/h3-9H,1-2H3,(H2,17,20). The highest BCUT2D eigenvalue weighted by molar-refractivity contribution is 5.93. The molecule has 1 aromatic carbocycles. The maximum Gasteiger partial charge on any atom is 0.254 e. The molecule has 1 aromatic heterocycles. The zero-order valence-corrected chi connectivity index (χ0v) is 11.3. The van der Waals surface area contributed by atoms with E-state index in [2.05, 4.69) is 0 Å². The number of rotatable bonds is 3. The Balaban J connectivity index is 2.71. The average Bonchev–Trinajstić information content (AvgIpc) is 2.39. The van der Waals surface area contributed by atoms with Crippen LogP contribution >= 0.6 is 0 Å². The number of primary amides is 1. The molecule has 1 heterocycles. The smallest absolute Gasteiger partial charge is 0.254 e. The summed E-state index contributed by atoms with van der Waals surface area (Å²) in [4.78, 5) is 23.6. The molecule has 0 bridgehead atoms. The summed E-state index contributed by atoms with van der Waals surface area (Å²) in [6.07, 6.45) is 3.09. The maximum absolute atomic E-state index is 13.0. The normalized spacial score (nSPS) is 10.8. The molecule has 0 saturated heterocycles. The molecule has 4 nitrogen and oxygen atoms in total. The number of pyridine rings is 1. The molecule has 0 saturated carbocycles. The molecule has 0 aliphatic rings. The van der Waals surface area contributed by atoms with Crippen LogP contribution in [0.5, 0.6) is 0 Å². The predicted octanol–water partition coefficient (Wildman–Crippen LogP) is 2.33. The fourth-order valence-electron chi connectivity index (χ4n) is 1.91. The van der Waals surface area contributed by atoms with E-state index in [0.717, 1.165) is 0 Å². The molecule has 2 aromatic rings. The monoisotopic (exact) mass is 274 g/mol. The van der Waals surface area contributed by atoms with Gasteiger partial charge in [-0.25, -0.2) is 4.39 Å². The summed E-state index contributed by atoms with van der Waals surface area (Å²) in [5, 5.41) is 0. The summed E-state index contributed by atoms with van der Waals surface area (Å²) < 4.78 is 14.7. The van der Waals surface area contributed by atoms with Gasteiger partial charge in [-0.1, -0.05) is 12.1 Å². The fourth-order valence-corrected chi connectivity index (χ4v) is 1.91. The number of carbonyl (C=O) groups excluding carboxylic acids is 1. The first-order chi connectivity index (χ1) is 9.40. The van der Waals surface area contributed by atoms with Gasteiger partial charge in [0.1, 0.15) is 11.4 Å². The Kier molecular flexibility index (Phi) is 3.70. The van der Waals surface area contributed by atoms with Crippen LogP contribution in [-0.4, -0.2) is 10.5 Å². The molecule has 0 aliphatic heterocycles. The van der Waals surface area contributed by atoms with Crippen molar-refractivity contribution in [1.29, 1.82) is 0 Å². The zero-order chi connectivity index (χ0) is 14.9. The van der Waals surface area contributed by atoms with Crippen LogP contribution in [0.2, 0.25) is 0 Å². The van der Waals surface area contributed by atoms with Gasteiger partial charge >= 0.3 is 0 Å². The molecule has 2 rings (SSSR count). The Hall–Kier alpha value is -2.43. The minimum atomic E-state index is -0.770. The number of halogens is 1. The Morgan fingerprint density at radius 2 is 1.80 bits per heavy atom. The minimum absolute atomic E-state index is 0.0629. The number of carbonyl (C=O) groups is 1. The number of nitrogens with zero attached hydrogens (tertiary/aromatic N) is 1. The van der Waals surface area contributed by atoms with Crippen molar-refractivity contribution in [3.63, 3.8) is 0 Å². The Labute approximate surface area is 115 Å². The number of hydrogen-bond acceptors (Lipinski definition) is 2. The largest absolute Gasteiger partial charge is 0.365 e. The van der Waals surface area contributed by atoms with Crippen molar-refractivity contribution in [2.24, 2.45) is 5.73 Å². The lowest BCUT2D eigenvalue weighted by Crippen LogP contribution is -2.25. The van der Waals surface area contributed by atoms with Crippen molar-refractivity contribution in [2.75, 3.05) is 0 Å². The van der Waals surface area contributed by atoms with E-state index in [1.54, 1.807) is 10.8 Å². The lowest BCUT2D eigenvalue weighted by Gasteiger charge is -2.14. The van der Waals surface area contributed by atoms with Crippen molar-refractivity contribution in [1.82, 2.24) is 4.57 Å². The summed E-state index contributed by atoms with van der Waals surface area (Å²) in [6, 6.07) is 5.60. The average molecular weight is 274 g/mol. The van der Waals surface area contributed by atoms with E-state index in [1.807, 2.05) is 13.8 Å². The molecule has 20 heavy (non-hydrogen) atoms. The molecule has 0 spiro atoms. The van der Waals surface area contributed by atoms with E-state index in [-0.39, 0.29) is 17.4 Å². The van der Waals surface area contributed by atoms with E-state index in [4.69, 9.17) is 5.73 Å². The number of amides is 1. The number of nitrogens with two attached hydrogens (primary N) is 1. The maximum atomic E-state index is 13.0. The second-order valence-electron chi connectivity index (χ2n) is 4.83. The first-order valence-electron chi connectivity index (χ1n) is 6.21. The summed E-state index contributed by atoms with van der Waals surface area (Å²) in [6.45, 7) is 3.84. The van der Waals surface area contributed by atoms with Crippen LogP contribution in [0.4, 0.5) is 4.39 Å². The van der Waals surface area contributed by atoms with Gasteiger partial charge in [-0.15, -0.1) is 0 Å². The van der Waals surface area contributed by atoms with E-state index >= 15 is 0 Å². The highest BCUT2D eigenvalue weighted by Gasteiger charge is 2.14. The zero-order valence-electron chi connectivity index (χ0n) is 11.3. The number of benzene rings is 1. The molecule has 5 heteroatoms. The van der Waals surface area contributed by atoms with Gasteiger partial charge in [0.2, 0.25) is 5.43 Å². The molecule has 0 unspecified atom stereocenters. The van der Waals surface area contributed by atoms with Gasteiger partial charge in [0.05, 0.1) is 0 Å². The van der Waals surface area contributed by atoms with Crippen molar-refractivity contribution in [2.45, 2.75) is 19.9 Å². The molecule has 0 aliphatic carbocycles. The minimum Gasteiger partial charge on any atom is -0.365 e. The third-order valence-electron chi connectivity index (χ3n) is 3.06. The van der Waals surface area contributed by atoms with Gasteiger partial charge in [0.25, 0.3) is 5.91 Å². The van der Waals surface area contributed by atoms with Crippen molar-refractivity contribution in [3.05, 3.63) is 58.3 Å². The topological polar surface area (TPSA) is 65.1 Å². The third-order valence-corrected chi connectivity index (χ3v) is 3.06. The van der Waals surface area contributed by atoms with Gasteiger partial charge in [0.15, 0.2) is 0 Å². The van der Waals surface area contributed by atoms with E-state index < -0.39 is 11.3 Å². The Morgan fingerprint density at radius 3 is 2.30 bits per heavy atom. The van der Waals surface area contributed by atoms with Gasteiger partial charge in [-0.05, 0) is 31.5 Å². The summed E-state index contributed by atoms with van der Waals surface area (Å²) in [7, 11) is 0. The molecule has 104 valence electrons. The molecule has 2 N–H and O–H groups in total. The number of hydrogen-bond donors (Lipinski definition) is 1. The van der Waals surface area contributed by atoms with Crippen LogP contribution in [0.1, 0.15) is 30.2 Å². The molecule has 0 radical (unpaired) electrons. The van der Waals surface area contributed by atoms with Crippen LogP contribution < -0.4 is 11.2 Å². The molecular formula is C15H15FN2O2. The highest BCUT2D eigenvalue weighted by Crippen LogP contribution is 2.18. The second-order valence-corrected chi connectivity index (χ2v) is 4.83. The van der Waals surface area contributed by atoms with Crippen molar-refractivity contribution in [3.8, 4) is 11.1 Å². The third kappa shape index (κ3) is 2.61. The lowest BCUT2D eigenvalue weighted by atomic mass is 10.0. The van der Waals surface area contributed by atoms with Crippen LogP contribution in [0.25, 0.3) is 11.1 Å². The van der Waals surface area contributed by atoms with Crippen LogP contribution in [-0.2, 0) is 0 Å². The van der Waals surface area contributed by atoms with Crippen molar-refractivity contribution < 1.29 is 9.18 Å². The van der Waals surface area contributed by atoms with E-state index in [0.29, 0.717) is 11.1 Å². The molecular weight excluding hydrogens is 259 g/mol. The SMILES string of the molecule is CC(C)n1cc(C(N)=O)c(=O)c(-c2ccc(F)cc2)c1. The summed E-state index contributed by atoms with van der Waals surface area (Å²) >= 11 is 0. The van der Waals surface area contributed by atoms with E-state index in [9.17, 15) is 14.0 Å². The highest BCUT2D eigenvalue weighted by atomic mass is 19.1. The van der Waals surface area contributed by atoms with Gasteiger partial charge in [-0.2, -0.15) is 0 Å². The van der Waals surface area contributed by atoms with Gasteiger partial charge in [0, 0.05) is 24.0 Å². The summed E-state index contributed by atoms with van der Waals surface area (Å²) in [5.41, 5.74) is 5.61. The summed E-state index contributed by atoms with van der Waals surface area (Å²) in [5.74, 6) is -1.16. The molecule has 0 fully saturated rings. The fraction of sp³-hybridized carbons (Fsp3) is 0.200. The number of aromatic nitrogens is 1. The lowest BCUT2D eigenvalue weighted by molar-refractivity contribution is 0.0998. The predicted molar refractivity (Wildman–Crippen MR) is 75.0 cm³/mol. The Bertz CT molecular complexity index is 703. The van der Waals surface area contributed by atoms with Gasteiger partial charge < -0.3 is 10.3 Å². The molecule has 1 amide bonds. The van der Waals surface area contributed by atoms with E-state index in [1.165, 1.54) is 30.5 Å². The van der Waals surface area contributed by atoms with Crippen LogP contribution in [0.15, 0.2) is 41.5 Å². The van der Waals surface area contributed by atoms with Gasteiger partial charge in [-0.3, -0.25) is 9.59 Å². The molecule has 0 atom stereocenters. The Morgan fingerprint density at radius 1 is 1.20 bits per heavy atom. The second kappa shape index (κ2) is 5.28. The van der Waals surface area contributed by atoms with Crippen LogP contribution in [0.3, 0.4) is 0 Å².